The Bertz CT molecular complexity index is 675. The van der Waals surface area contributed by atoms with Crippen molar-refractivity contribution < 1.29 is 9.53 Å². The molecule has 0 bridgehead atoms. The van der Waals surface area contributed by atoms with Gasteiger partial charge in [0.2, 0.25) is 0 Å². The van der Waals surface area contributed by atoms with Gasteiger partial charge in [0.05, 0.1) is 18.7 Å². The molecule has 5 heteroatoms. The molecular formula is C16H15N3O2. The minimum Gasteiger partial charge on any atom is -0.497 e. The number of ether oxygens (including phenoxy) is 1. The molecule has 0 heterocycles. The van der Waals surface area contributed by atoms with Crippen molar-refractivity contribution in [3.63, 3.8) is 0 Å². The number of nitrogens with zero attached hydrogens (tertiary/aromatic N) is 2. The van der Waals surface area contributed by atoms with E-state index in [-0.39, 0.29) is 6.03 Å². The molecule has 0 unspecified atom stereocenters. The maximum Gasteiger partial charge on any atom is 0.326 e. The smallest absolute Gasteiger partial charge is 0.326 e. The van der Waals surface area contributed by atoms with Crippen molar-refractivity contribution in [3.8, 4) is 11.8 Å². The van der Waals surface area contributed by atoms with E-state index < -0.39 is 0 Å². The van der Waals surface area contributed by atoms with Crippen molar-refractivity contribution in [2.24, 2.45) is 0 Å². The van der Waals surface area contributed by atoms with Gasteiger partial charge in [-0.2, -0.15) is 5.26 Å². The van der Waals surface area contributed by atoms with E-state index in [0.29, 0.717) is 16.9 Å². The minimum absolute atomic E-state index is 0.282. The molecule has 2 amide bonds. The molecule has 2 aromatic rings. The van der Waals surface area contributed by atoms with Crippen molar-refractivity contribution >= 4 is 17.4 Å². The Labute approximate surface area is 123 Å². The molecule has 2 rings (SSSR count). The maximum atomic E-state index is 12.2. The first-order valence-corrected chi connectivity index (χ1v) is 6.33. The summed E-state index contributed by atoms with van der Waals surface area (Å²) in [5.41, 5.74) is 1.83. The second-order valence-electron chi connectivity index (χ2n) is 4.38. The minimum atomic E-state index is -0.282. The number of hydrogen-bond donors (Lipinski definition) is 1. The highest BCUT2D eigenvalue weighted by molar-refractivity contribution is 6.01. The predicted molar refractivity (Wildman–Crippen MR) is 81.6 cm³/mol. The lowest BCUT2D eigenvalue weighted by Crippen LogP contribution is -2.31. The Morgan fingerprint density at radius 3 is 2.57 bits per heavy atom. The third-order valence-corrected chi connectivity index (χ3v) is 3.01. The topological polar surface area (TPSA) is 65.4 Å². The standard InChI is InChI=1S/C16H15N3O2/c1-19(14-5-3-4-12(10-14)11-17)16(20)18-13-6-8-15(21-2)9-7-13/h3-10H,1-2H3,(H,18,20). The van der Waals surface area contributed by atoms with Gasteiger partial charge in [-0.05, 0) is 42.5 Å². The molecule has 0 saturated heterocycles. The Balaban J connectivity index is 2.09. The van der Waals surface area contributed by atoms with Gasteiger partial charge in [-0.1, -0.05) is 6.07 Å². The highest BCUT2D eigenvalue weighted by Crippen LogP contribution is 2.18. The van der Waals surface area contributed by atoms with Gasteiger partial charge in [-0.3, -0.25) is 4.90 Å². The molecule has 0 radical (unpaired) electrons. The summed E-state index contributed by atoms with van der Waals surface area (Å²) in [6.45, 7) is 0. The fourth-order valence-electron chi connectivity index (χ4n) is 1.78. The van der Waals surface area contributed by atoms with Crippen LogP contribution >= 0.6 is 0 Å². The first kappa shape index (κ1) is 14.4. The summed E-state index contributed by atoms with van der Waals surface area (Å²) in [4.78, 5) is 13.6. The predicted octanol–water partition coefficient (Wildman–Crippen LogP) is 3.24. The van der Waals surface area contributed by atoms with Crippen LogP contribution in [0.2, 0.25) is 0 Å². The number of nitriles is 1. The van der Waals surface area contributed by atoms with Gasteiger partial charge >= 0.3 is 6.03 Å². The molecule has 0 aliphatic heterocycles. The second kappa shape index (κ2) is 6.44. The number of anilines is 2. The van der Waals surface area contributed by atoms with Crippen molar-refractivity contribution in [1.29, 1.82) is 5.26 Å². The van der Waals surface area contributed by atoms with Crippen LogP contribution in [0, 0.1) is 11.3 Å². The number of rotatable bonds is 3. The zero-order valence-electron chi connectivity index (χ0n) is 11.8. The third kappa shape index (κ3) is 3.51. The maximum absolute atomic E-state index is 12.2. The van der Waals surface area contributed by atoms with Crippen LogP contribution in [-0.4, -0.2) is 20.2 Å². The van der Waals surface area contributed by atoms with Gasteiger partial charge in [0.25, 0.3) is 0 Å². The number of carbonyl (C=O) groups is 1. The number of nitrogens with one attached hydrogen (secondary N) is 1. The van der Waals surface area contributed by atoms with E-state index in [1.54, 1.807) is 62.7 Å². The van der Waals surface area contributed by atoms with Crippen LogP contribution in [0.25, 0.3) is 0 Å². The van der Waals surface area contributed by atoms with Crippen LogP contribution < -0.4 is 15.0 Å². The van der Waals surface area contributed by atoms with Crippen LogP contribution in [0.3, 0.4) is 0 Å². The van der Waals surface area contributed by atoms with Gasteiger partial charge in [-0.15, -0.1) is 0 Å². The zero-order valence-corrected chi connectivity index (χ0v) is 11.8. The molecule has 0 saturated carbocycles. The zero-order chi connectivity index (χ0) is 15.2. The van der Waals surface area contributed by atoms with Crippen LogP contribution in [0.15, 0.2) is 48.5 Å². The fourth-order valence-corrected chi connectivity index (χ4v) is 1.78. The average molecular weight is 281 g/mol. The molecule has 2 aromatic carbocycles. The third-order valence-electron chi connectivity index (χ3n) is 3.01. The lowest BCUT2D eigenvalue weighted by Gasteiger charge is -2.18. The summed E-state index contributed by atoms with van der Waals surface area (Å²) in [6.07, 6.45) is 0. The van der Waals surface area contributed by atoms with Crippen LogP contribution in [-0.2, 0) is 0 Å². The largest absolute Gasteiger partial charge is 0.497 e. The quantitative estimate of drug-likeness (QED) is 0.939. The van der Waals surface area contributed by atoms with Crippen LogP contribution in [0.4, 0.5) is 16.2 Å². The van der Waals surface area contributed by atoms with Gasteiger partial charge < -0.3 is 10.1 Å². The molecule has 0 atom stereocenters. The van der Waals surface area contributed by atoms with E-state index >= 15 is 0 Å². The molecule has 0 fully saturated rings. The van der Waals surface area contributed by atoms with Gasteiger partial charge in [0, 0.05) is 18.4 Å². The van der Waals surface area contributed by atoms with Crippen molar-refractivity contribution in [2.45, 2.75) is 0 Å². The Kier molecular flexibility index (Phi) is 4.42. The fraction of sp³-hybridized carbons (Fsp3) is 0.125. The van der Waals surface area contributed by atoms with Crippen LogP contribution in [0.5, 0.6) is 5.75 Å². The molecule has 0 aliphatic rings. The van der Waals surface area contributed by atoms with Gasteiger partial charge in [0.15, 0.2) is 0 Å². The Morgan fingerprint density at radius 1 is 1.24 bits per heavy atom. The molecule has 106 valence electrons. The van der Waals surface area contributed by atoms with Crippen molar-refractivity contribution in [1.82, 2.24) is 0 Å². The van der Waals surface area contributed by atoms with Gasteiger partial charge in [-0.25, -0.2) is 4.79 Å². The first-order valence-electron chi connectivity index (χ1n) is 6.33. The molecular weight excluding hydrogens is 266 g/mol. The van der Waals surface area contributed by atoms with Crippen molar-refractivity contribution in [3.05, 3.63) is 54.1 Å². The first-order chi connectivity index (χ1) is 10.1. The lowest BCUT2D eigenvalue weighted by molar-refractivity contribution is 0.258. The molecule has 0 aliphatic carbocycles. The SMILES string of the molecule is COc1ccc(NC(=O)N(C)c2cccc(C#N)c2)cc1. The number of benzene rings is 2. The number of hydrogen-bond acceptors (Lipinski definition) is 3. The normalized spacial score (nSPS) is 9.57. The lowest BCUT2D eigenvalue weighted by atomic mass is 10.2. The summed E-state index contributed by atoms with van der Waals surface area (Å²) >= 11 is 0. The van der Waals surface area contributed by atoms with E-state index in [4.69, 9.17) is 10.00 Å². The summed E-state index contributed by atoms with van der Waals surface area (Å²) < 4.78 is 5.06. The molecule has 21 heavy (non-hydrogen) atoms. The summed E-state index contributed by atoms with van der Waals surface area (Å²) in [6, 6.07) is 15.7. The molecule has 0 aromatic heterocycles. The second-order valence-corrected chi connectivity index (χ2v) is 4.38. The van der Waals surface area contributed by atoms with Gasteiger partial charge in [0.1, 0.15) is 5.75 Å². The summed E-state index contributed by atoms with van der Waals surface area (Å²) in [5.74, 6) is 0.725. The molecule has 5 nitrogen and oxygen atoms in total. The number of methoxy groups -OCH3 is 1. The summed E-state index contributed by atoms with van der Waals surface area (Å²) in [5, 5.41) is 11.7. The highest BCUT2D eigenvalue weighted by atomic mass is 16.5. The molecule has 1 N–H and O–H groups in total. The highest BCUT2D eigenvalue weighted by Gasteiger charge is 2.11. The number of amides is 2. The van der Waals surface area contributed by atoms with E-state index in [1.165, 1.54) is 4.90 Å². The van der Waals surface area contributed by atoms with Crippen molar-refractivity contribution in [2.75, 3.05) is 24.4 Å². The average Bonchev–Trinajstić information content (AvgIpc) is 2.54. The monoisotopic (exact) mass is 281 g/mol. The number of urea groups is 1. The van der Waals surface area contributed by atoms with E-state index in [9.17, 15) is 4.79 Å². The number of carbonyl (C=O) groups excluding carboxylic acids is 1. The van der Waals surface area contributed by atoms with E-state index in [0.717, 1.165) is 5.75 Å². The van der Waals surface area contributed by atoms with Crippen LogP contribution in [0.1, 0.15) is 5.56 Å². The van der Waals surface area contributed by atoms with E-state index in [1.807, 2.05) is 0 Å². The Hall–Kier alpha value is -3.00. The molecule has 0 spiro atoms. The van der Waals surface area contributed by atoms with E-state index in [2.05, 4.69) is 11.4 Å². The Morgan fingerprint density at radius 2 is 1.95 bits per heavy atom. The summed E-state index contributed by atoms with van der Waals surface area (Å²) in [7, 11) is 3.24.